The summed E-state index contributed by atoms with van der Waals surface area (Å²) in [6.07, 6.45) is 10.3. The van der Waals surface area contributed by atoms with E-state index >= 15 is 0 Å². The molecule has 0 radical (unpaired) electrons. The summed E-state index contributed by atoms with van der Waals surface area (Å²) in [6.45, 7) is 3.12. The number of anilines is 1. The molecule has 0 aliphatic heterocycles. The molecule has 0 aromatic heterocycles. The van der Waals surface area contributed by atoms with Crippen LogP contribution in [-0.4, -0.2) is 6.54 Å². The molecule has 0 fully saturated rings. The molecule has 110 valence electrons. The van der Waals surface area contributed by atoms with Crippen molar-refractivity contribution in [3.05, 3.63) is 29.6 Å². The van der Waals surface area contributed by atoms with Gasteiger partial charge in [-0.3, -0.25) is 0 Å². The van der Waals surface area contributed by atoms with Crippen molar-refractivity contribution in [3.8, 4) is 6.07 Å². The zero-order chi connectivity index (χ0) is 14.6. The molecule has 0 unspecified atom stereocenters. The van der Waals surface area contributed by atoms with Crippen LogP contribution in [-0.2, 0) is 0 Å². The largest absolute Gasteiger partial charge is 0.385 e. The number of unbranched alkanes of at least 4 members (excludes halogenated alkanes) is 7. The summed E-state index contributed by atoms with van der Waals surface area (Å²) in [7, 11) is 0. The van der Waals surface area contributed by atoms with Crippen molar-refractivity contribution < 1.29 is 4.39 Å². The van der Waals surface area contributed by atoms with Gasteiger partial charge in [-0.15, -0.1) is 0 Å². The van der Waals surface area contributed by atoms with Gasteiger partial charge in [-0.25, -0.2) is 4.39 Å². The molecule has 0 saturated carbocycles. The number of hydrogen-bond donors (Lipinski definition) is 1. The molecule has 0 heterocycles. The quantitative estimate of drug-likeness (QED) is 0.592. The van der Waals surface area contributed by atoms with Gasteiger partial charge in [-0.1, -0.05) is 51.9 Å². The third-order valence-electron chi connectivity index (χ3n) is 3.45. The summed E-state index contributed by atoms with van der Waals surface area (Å²) in [5, 5.41) is 12.0. The van der Waals surface area contributed by atoms with Crippen LogP contribution in [0.1, 0.15) is 63.9 Å². The van der Waals surface area contributed by atoms with E-state index in [1.165, 1.54) is 51.0 Å². The van der Waals surface area contributed by atoms with Crippen molar-refractivity contribution in [2.45, 2.75) is 58.3 Å². The third kappa shape index (κ3) is 6.56. The number of rotatable bonds is 10. The molecular weight excluding hydrogens is 251 g/mol. The van der Waals surface area contributed by atoms with Crippen molar-refractivity contribution in [1.82, 2.24) is 0 Å². The number of halogens is 1. The van der Waals surface area contributed by atoms with E-state index in [2.05, 4.69) is 12.2 Å². The van der Waals surface area contributed by atoms with Gasteiger partial charge in [0.1, 0.15) is 11.9 Å². The van der Waals surface area contributed by atoms with Crippen LogP contribution in [0.25, 0.3) is 0 Å². The van der Waals surface area contributed by atoms with Gasteiger partial charge in [0.05, 0.1) is 5.56 Å². The second-order valence-electron chi connectivity index (χ2n) is 5.21. The van der Waals surface area contributed by atoms with E-state index in [4.69, 9.17) is 5.26 Å². The fourth-order valence-corrected chi connectivity index (χ4v) is 2.21. The van der Waals surface area contributed by atoms with Crippen LogP contribution in [0.15, 0.2) is 18.2 Å². The van der Waals surface area contributed by atoms with Crippen LogP contribution >= 0.6 is 0 Å². The fraction of sp³-hybridized carbons (Fsp3) is 0.588. The molecule has 0 spiro atoms. The SMILES string of the molecule is CCCCCCCCCCNc1ccc(F)c(C#N)c1. The van der Waals surface area contributed by atoms with E-state index in [-0.39, 0.29) is 5.56 Å². The Morgan fingerprint density at radius 1 is 1.05 bits per heavy atom. The van der Waals surface area contributed by atoms with Crippen molar-refractivity contribution in [3.63, 3.8) is 0 Å². The van der Waals surface area contributed by atoms with Crippen molar-refractivity contribution in [2.24, 2.45) is 0 Å². The van der Waals surface area contributed by atoms with Crippen LogP contribution in [0.2, 0.25) is 0 Å². The molecule has 0 saturated heterocycles. The third-order valence-corrected chi connectivity index (χ3v) is 3.45. The normalized spacial score (nSPS) is 10.2. The first-order chi connectivity index (χ1) is 9.77. The van der Waals surface area contributed by atoms with E-state index < -0.39 is 5.82 Å². The van der Waals surface area contributed by atoms with E-state index in [1.54, 1.807) is 12.1 Å². The highest BCUT2D eigenvalue weighted by Gasteiger charge is 2.01. The molecule has 1 aromatic carbocycles. The fourth-order valence-electron chi connectivity index (χ4n) is 2.21. The highest BCUT2D eigenvalue weighted by atomic mass is 19.1. The Balaban J connectivity index is 2.08. The average Bonchev–Trinajstić information content (AvgIpc) is 2.47. The van der Waals surface area contributed by atoms with Crippen LogP contribution in [0.4, 0.5) is 10.1 Å². The topological polar surface area (TPSA) is 35.8 Å². The molecular formula is C17H25FN2. The zero-order valence-corrected chi connectivity index (χ0v) is 12.4. The first-order valence-corrected chi connectivity index (χ1v) is 7.71. The predicted octanol–water partition coefficient (Wildman–Crippen LogP) is 5.25. The minimum absolute atomic E-state index is 0.103. The Bertz CT molecular complexity index is 423. The maximum absolute atomic E-state index is 13.1. The van der Waals surface area contributed by atoms with E-state index in [0.717, 1.165) is 18.7 Å². The standard InChI is InChI=1S/C17H25FN2/c1-2-3-4-5-6-7-8-9-12-20-16-10-11-17(18)15(13-16)14-19/h10-11,13,20H,2-9,12H2,1H3. The van der Waals surface area contributed by atoms with Gasteiger partial charge >= 0.3 is 0 Å². The van der Waals surface area contributed by atoms with Crippen molar-refractivity contribution >= 4 is 5.69 Å². The van der Waals surface area contributed by atoms with Crippen LogP contribution in [0.5, 0.6) is 0 Å². The Morgan fingerprint density at radius 3 is 2.35 bits per heavy atom. The van der Waals surface area contributed by atoms with E-state index in [0.29, 0.717) is 0 Å². The Kier molecular flexibility index (Phi) is 8.46. The zero-order valence-electron chi connectivity index (χ0n) is 12.4. The summed E-state index contributed by atoms with van der Waals surface area (Å²) >= 11 is 0. The summed E-state index contributed by atoms with van der Waals surface area (Å²) in [5.41, 5.74) is 0.928. The van der Waals surface area contributed by atoms with Gasteiger partial charge in [0.15, 0.2) is 0 Å². The average molecular weight is 276 g/mol. The van der Waals surface area contributed by atoms with Crippen LogP contribution in [0, 0.1) is 17.1 Å². The summed E-state index contributed by atoms with van der Waals surface area (Å²) in [5.74, 6) is -0.454. The first-order valence-electron chi connectivity index (χ1n) is 7.71. The van der Waals surface area contributed by atoms with Crippen LogP contribution in [0.3, 0.4) is 0 Å². The monoisotopic (exact) mass is 276 g/mol. The van der Waals surface area contributed by atoms with Gasteiger partial charge in [-0.2, -0.15) is 5.26 Å². The van der Waals surface area contributed by atoms with Crippen LogP contribution < -0.4 is 5.32 Å². The predicted molar refractivity (Wildman–Crippen MR) is 82.2 cm³/mol. The lowest BCUT2D eigenvalue weighted by Crippen LogP contribution is -2.02. The lowest BCUT2D eigenvalue weighted by Gasteiger charge is -2.07. The number of benzene rings is 1. The van der Waals surface area contributed by atoms with Gasteiger partial charge in [0.25, 0.3) is 0 Å². The van der Waals surface area contributed by atoms with Gasteiger partial charge in [0, 0.05) is 12.2 Å². The molecule has 20 heavy (non-hydrogen) atoms. The van der Waals surface area contributed by atoms with Gasteiger partial charge in [0.2, 0.25) is 0 Å². The summed E-state index contributed by atoms with van der Waals surface area (Å²) in [4.78, 5) is 0. The molecule has 0 atom stereocenters. The van der Waals surface area contributed by atoms with Crippen molar-refractivity contribution in [2.75, 3.05) is 11.9 Å². The highest BCUT2D eigenvalue weighted by molar-refractivity contribution is 5.49. The maximum Gasteiger partial charge on any atom is 0.141 e. The molecule has 1 aromatic rings. The lowest BCUT2D eigenvalue weighted by atomic mass is 10.1. The molecule has 0 amide bonds. The summed E-state index contributed by atoms with van der Waals surface area (Å²) in [6, 6.07) is 6.45. The number of nitriles is 1. The molecule has 1 N–H and O–H groups in total. The molecule has 0 bridgehead atoms. The molecule has 3 heteroatoms. The number of hydrogen-bond acceptors (Lipinski definition) is 2. The molecule has 2 nitrogen and oxygen atoms in total. The maximum atomic E-state index is 13.1. The number of nitrogens with one attached hydrogen (secondary N) is 1. The second-order valence-corrected chi connectivity index (χ2v) is 5.21. The Hall–Kier alpha value is -1.56. The molecule has 1 rings (SSSR count). The smallest absolute Gasteiger partial charge is 0.141 e. The second kappa shape index (κ2) is 10.3. The van der Waals surface area contributed by atoms with Gasteiger partial charge in [-0.05, 0) is 24.6 Å². The number of nitrogens with zero attached hydrogens (tertiary/aromatic N) is 1. The first kappa shape index (κ1) is 16.5. The molecule has 0 aliphatic rings. The minimum atomic E-state index is -0.454. The molecule has 0 aliphatic carbocycles. The highest BCUT2D eigenvalue weighted by Crippen LogP contribution is 2.14. The Labute approximate surface area is 122 Å². The Morgan fingerprint density at radius 2 is 1.70 bits per heavy atom. The summed E-state index contributed by atoms with van der Waals surface area (Å²) < 4.78 is 13.1. The van der Waals surface area contributed by atoms with Crippen molar-refractivity contribution in [1.29, 1.82) is 5.26 Å². The minimum Gasteiger partial charge on any atom is -0.385 e. The van der Waals surface area contributed by atoms with Gasteiger partial charge < -0.3 is 5.32 Å². The lowest BCUT2D eigenvalue weighted by molar-refractivity contribution is 0.581. The van der Waals surface area contributed by atoms with E-state index in [1.807, 2.05) is 6.07 Å². The van der Waals surface area contributed by atoms with E-state index in [9.17, 15) is 4.39 Å².